The third-order valence-electron chi connectivity index (χ3n) is 4.67. The molecule has 0 aliphatic rings. The molecule has 1 aromatic carbocycles. The second-order valence-corrected chi connectivity index (χ2v) is 6.94. The first-order valence-corrected chi connectivity index (χ1v) is 10.2. The number of benzene rings is 1. The number of nitrogens with one attached hydrogen (secondary N) is 2. The van der Waals surface area contributed by atoms with Crippen LogP contribution in [0.5, 0.6) is 0 Å². The summed E-state index contributed by atoms with van der Waals surface area (Å²) in [4.78, 5) is 17.0. The van der Waals surface area contributed by atoms with Crippen molar-refractivity contribution >= 4 is 28.7 Å². The van der Waals surface area contributed by atoms with Crippen LogP contribution in [0, 0.1) is 0 Å². The molecule has 2 rings (SSSR count). The Labute approximate surface area is 161 Å². The molecule has 142 valence electrons. The molecule has 1 atom stereocenters. The van der Waals surface area contributed by atoms with E-state index < -0.39 is 0 Å². The molecule has 0 spiro atoms. The number of anilines is 2. The van der Waals surface area contributed by atoms with Crippen LogP contribution >= 0.6 is 11.3 Å². The number of nitrogens with zero attached hydrogens (tertiary/aromatic N) is 2. The molecule has 0 aliphatic carbocycles. The Morgan fingerprint density at radius 3 is 2.46 bits per heavy atom. The molecule has 2 N–H and O–H groups in total. The molecule has 26 heavy (non-hydrogen) atoms. The van der Waals surface area contributed by atoms with Gasteiger partial charge in [-0.15, -0.1) is 0 Å². The lowest BCUT2D eigenvalue weighted by Crippen LogP contribution is -2.39. The van der Waals surface area contributed by atoms with Crippen LogP contribution in [-0.2, 0) is 0 Å². The first-order chi connectivity index (χ1) is 12.6. The maximum atomic E-state index is 12.5. The minimum atomic E-state index is -0.172. The molecule has 2 amide bonds. The van der Waals surface area contributed by atoms with E-state index in [4.69, 9.17) is 0 Å². The van der Waals surface area contributed by atoms with Crippen molar-refractivity contribution in [1.82, 2.24) is 10.2 Å². The molecule has 1 heterocycles. The quantitative estimate of drug-likeness (QED) is 0.683. The van der Waals surface area contributed by atoms with Crippen LogP contribution in [0.25, 0.3) is 0 Å². The Hall–Kier alpha value is -2.05. The van der Waals surface area contributed by atoms with Crippen LogP contribution in [0.2, 0.25) is 0 Å². The maximum Gasteiger partial charge on any atom is 0.319 e. The van der Waals surface area contributed by atoms with Gasteiger partial charge in [0.05, 0.1) is 17.4 Å². The smallest absolute Gasteiger partial charge is 0.319 e. The van der Waals surface area contributed by atoms with Gasteiger partial charge in [0.25, 0.3) is 0 Å². The van der Waals surface area contributed by atoms with E-state index in [1.807, 2.05) is 31.3 Å². The van der Waals surface area contributed by atoms with E-state index in [0.717, 1.165) is 31.0 Å². The second kappa shape index (κ2) is 10.2. The number of amides is 2. The Morgan fingerprint density at radius 2 is 1.85 bits per heavy atom. The average Bonchev–Trinajstić information content (AvgIpc) is 3.19. The van der Waals surface area contributed by atoms with Gasteiger partial charge in [-0.2, -0.15) is 11.3 Å². The summed E-state index contributed by atoms with van der Waals surface area (Å²) in [5, 5.41) is 10.3. The minimum absolute atomic E-state index is 0.172. The number of hydrogen-bond donors (Lipinski definition) is 2. The Kier molecular flexibility index (Phi) is 7.94. The zero-order valence-corrected chi connectivity index (χ0v) is 17.0. The summed E-state index contributed by atoms with van der Waals surface area (Å²) in [5.74, 6) is 0. The summed E-state index contributed by atoms with van der Waals surface area (Å²) in [5.41, 5.74) is 3.10. The average molecular weight is 375 g/mol. The summed E-state index contributed by atoms with van der Waals surface area (Å²) in [6.45, 7) is 9.75. The fourth-order valence-corrected chi connectivity index (χ4v) is 3.73. The molecule has 1 aromatic heterocycles. The van der Waals surface area contributed by atoms with E-state index in [1.54, 1.807) is 11.3 Å². The molecule has 0 saturated carbocycles. The molecular formula is C20H30N4OS. The first kappa shape index (κ1) is 20.3. The van der Waals surface area contributed by atoms with Crippen LogP contribution in [-0.4, -0.2) is 44.2 Å². The molecule has 0 aliphatic heterocycles. The van der Waals surface area contributed by atoms with Gasteiger partial charge in [-0.05, 0) is 54.5 Å². The van der Waals surface area contributed by atoms with Crippen molar-refractivity contribution < 1.29 is 4.79 Å². The van der Waals surface area contributed by atoms with E-state index >= 15 is 0 Å². The Balaban J connectivity index is 2.03. The summed E-state index contributed by atoms with van der Waals surface area (Å²) >= 11 is 1.69. The van der Waals surface area contributed by atoms with E-state index in [-0.39, 0.29) is 12.1 Å². The van der Waals surface area contributed by atoms with Crippen LogP contribution < -0.4 is 15.5 Å². The zero-order valence-electron chi connectivity index (χ0n) is 16.2. The number of hydrogen-bond acceptors (Lipinski definition) is 4. The third-order valence-corrected chi connectivity index (χ3v) is 5.38. The highest BCUT2D eigenvalue weighted by atomic mass is 32.1. The van der Waals surface area contributed by atoms with Crippen molar-refractivity contribution in [3.8, 4) is 0 Å². The summed E-state index contributed by atoms with van der Waals surface area (Å²) in [6.07, 6.45) is 0. The predicted octanol–water partition coefficient (Wildman–Crippen LogP) is 4.41. The van der Waals surface area contributed by atoms with Crippen LogP contribution in [0.4, 0.5) is 16.2 Å². The second-order valence-electron chi connectivity index (χ2n) is 6.16. The Morgan fingerprint density at radius 1 is 1.12 bits per heavy atom. The molecule has 0 fully saturated rings. The van der Waals surface area contributed by atoms with Crippen molar-refractivity contribution in [1.29, 1.82) is 0 Å². The van der Waals surface area contributed by atoms with E-state index in [0.29, 0.717) is 6.54 Å². The molecular weight excluding hydrogens is 344 g/mol. The number of carbonyl (C=O) groups is 1. The number of likely N-dealkylation sites (N-methyl/N-ethyl adjacent to an activating group) is 1. The summed E-state index contributed by atoms with van der Waals surface area (Å²) < 4.78 is 0. The van der Waals surface area contributed by atoms with Gasteiger partial charge in [-0.25, -0.2) is 4.79 Å². The van der Waals surface area contributed by atoms with E-state index in [9.17, 15) is 4.79 Å². The molecule has 5 nitrogen and oxygen atoms in total. The van der Waals surface area contributed by atoms with Gasteiger partial charge in [0.2, 0.25) is 0 Å². The molecule has 6 heteroatoms. The van der Waals surface area contributed by atoms with Crippen molar-refractivity contribution in [2.75, 3.05) is 43.4 Å². The summed E-state index contributed by atoms with van der Waals surface area (Å²) in [6, 6.07) is 10.0. The zero-order chi connectivity index (χ0) is 18.9. The van der Waals surface area contributed by atoms with Crippen molar-refractivity contribution in [3.63, 3.8) is 0 Å². The van der Waals surface area contributed by atoms with E-state index in [1.165, 1.54) is 5.56 Å². The van der Waals surface area contributed by atoms with Gasteiger partial charge in [0, 0.05) is 20.1 Å². The number of thiophene rings is 1. The summed E-state index contributed by atoms with van der Waals surface area (Å²) in [7, 11) is 2.02. The molecule has 1 unspecified atom stereocenters. The third kappa shape index (κ3) is 5.22. The predicted molar refractivity (Wildman–Crippen MR) is 112 cm³/mol. The monoisotopic (exact) mass is 374 g/mol. The number of carbonyl (C=O) groups excluding carboxylic acids is 1. The number of urea groups is 1. The van der Waals surface area contributed by atoms with Crippen LogP contribution in [0.1, 0.15) is 32.4 Å². The lowest BCUT2D eigenvalue weighted by molar-refractivity contribution is 0.210. The highest BCUT2D eigenvalue weighted by Gasteiger charge is 2.19. The van der Waals surface area contributed by atoms with Gasteiger partial charge in [-0.3, -0.25) is 4.90 Å². The minimum Gasteiger partial charge on any atom is -0.373 e. The van der Waals surface area contributed by atoms with Gasteiger partial charge in [0.1, 0.15) is 0 Å². The fourth-order valence-electron chi connectivity index (χ4n) is 3.03. The van der Waals surface area contributed by atoms with Crippen molar-refractivity contribution in [3.05, 3.63) is 46.7 Å². The van der Waals surface area contributed by atoms with Gasteiger partial charge < -0.3 is 15.5 Å². The molecule has 0 bridgehead atoms. The number of rotatable bonds is 9. The van der Waals surface area contributed by atoms with Crippen molar-refractivity contribution in [2.45, 2.75) is 26.8 Å². The lowest BCUT2D eigenvalue weighted by atomic mass is 10.1. The van der Waals surface area contributed by atoms with Crippen molar-refractivity contribution in [2.24, 2.45) is 0 Å². The van der Waals surface area contributed by atoms with Gasteiger partial charge >= 0.3 is 6.03 Å². The Bertz CT molecular complexity index is 670. The first-order valence-electron chi connectivity index (χ1n) is 9.21. The normalized spacial score (nSPS) is 12.0. The van der Waals surface area contributed by atoms with E-state index in [2.05, 4.69) is 58.0 Å². The number of para-hydroxylation sites is 2. The standard InChI is InChI=1S/C20H30N4OS/c1-5-23(4)18-11-9-8-10-17(18)22-20(25)21-14-19(24(6-2)7-3)16-12-13-26-15-16/h8-13,15,19H,5-7,14H2,1-4H3,(H2,21,22,25). The SMILES string of the molecule is CCN(C)c1ccccc1NC(=O)NCC(c1ccsc1)N(CC)CC. The lowest BCUT2D eigenvalue weighted by Gasteiger charge is -2.29. The van der Waals surface area contributed by atoms with Gasteiger partial charge in [-0.1, -0.05) is 26.0 Å². The fraction of sp³-hybridized carbons (Fsp3) is 0.450. The molecule has 0 radical (unpaired) electrons. The molecule has 2 aromatic rings. The maximum absolute atomic E-state index is 12.5. The van der Waals surface area contributed by atoms with Crippen LogP contribution in [0.15, 0.2) is 41.1 Å². The topological polar surface area (TPSA) is 47.6 Å². The highest BCUT2D eigenvalue weighted by Crippen LogP contribution is 2.25. The largest absolute Gasteiger partial charge is 0.373 e. The van der Waals surface area contributed by atoms with Crippen LogP contribution in [0.3, 0.4) is 0 Å². The van der Waals surface area contributed by atoms with Gasteiger partial charge in [0.15, 0.2) is 0 Å². The highest BCUT2D eigenvalue weighted by molar-refractivity contribution is 7.07. The molecule has 0 saturated heterocycles.